The molecule has 230 valence electrons. The van der Waals surface area contributed by atoms with Gasteiger partial charge in [-0.3, -0.25) is 14.4 Å². The van der Waals surface area contributed by atoms with Crippen molar-refractivity contribution in [3.8, 4) is 17.1 Å². The minimum atomic E-state index is -1.11. The van der Waals surface area contributed by atoms with Crippen LogP contribution < -0.4 is 10.1 Å². The minimum absolute atomic E-state index is 0.109. The molecule has 0 radical (unpaired) electrons. The minimum Gasteiger partial charge on any atom is -0.497 e. The lowest BCUT2D eigenvalue weighted by molar-refractivity contribution is -0.137. The molecule has 2 amide bonds. The van der Waals surface area contributed by atoms with E-state index >= 15 is 0 Å². The number of methoxy groups -OCH3 is 1. The second-order valence-electron chi connectivity index (χ2n) is 11.3. The van der Waals surface area contributed by atoms with E-state index in [0.29, 0.717) is 28.7 Å². The van der Waals surface area contributed by atoms with Gasteiger partial charge in [0.1, 0.15) is 12.3 Å². The number of carboxylic acids is 1. The van der Waals surface area contributed by atoms with Crippen LogP contribution in [0.15, 0.2) is 91.3 Å². The smallest absolute Gasteiger partial charge is 0.323 e. The van der Waals surface area contributed by atoms with Gasteiger partial charge in [-0.1, -0.05) is 49.4 Å². The molecule has 1 heterocycles. The van der Waals surface area contributed by atoms with Crippen molar-refractivity contribution in [2.75, 3.05) is 19.0 Å². The molecule has 2 N–H and O–H groups in total. The Balaban J connectivity index is 1.20. The molecular weight excluding hydrogens is 568 g/mol. The molecule has 0 saturated carbocycles. The summed E-state index contributed by atoms with van der Waals surface area (Å²) in [7, 11) is 1.58. The van der Waals surface area contributed by atoms with Crippen LogP contribution in [-0.2, 0) is 22.6 Å². The number of aromatic nitrogens is 2. The summed E-state index contributed by atoms with van der Waals surface area (Å²) in [6, 6.07) is 21.1. The highest BCUT2D eigenvalue weighted by Crippen LogP contribution is 2.29. The molecule has 4 aromatic rings. The standard InChI is InChI=1S/C36H36N4O5/c1-24-3-9-27(10-4-24)30-20-37-35(38-21-30)28-11-5-26(6-12-28)22-40(23-34(42)43)36(44)29-13-15-31(16-14-29)39-33(41)19-25-7-17-32(45-2)18-8-25/h5-9,11-18,20-21,24H,3-4,10,19,22-23H2,1-2H3,(H,39,41)(H,42,43). The zero-order valence-corrected chi connectivity index (χ0v) is 25.4. The molecule has 1 aromatic heterocycles. The number of hydrogen-bond donors (Lipinski definition) is 2. The number of ether oxygens (including phenoxy) is 1. The lowest BCUT2D eigenvalue weighted by Gasteiger charge is -2.21. The fraction of sp³-hybridized carbons (Fsp3) is 0.250. The molecule has 1 aliphatic rings. The third kappa shape index (κ3) is 8.41. The van der Waals surface area contributed by atoms with Gasteiger partial charge < -0.3 is 20.1 Å². The van der Waals surface area contributed by atoms with Crippen LogP contribution in [0, 0.1) is 5.92 Å². The first kappa shape index (κ1) is 31.1. The molecule has 9 heteroatoms. The first-order valence-electron chi connectivity index (χ1n) is 14.9. The summed E-state index contributed by atoms with van der Waals surface area (Å²) in [6.45, 7) is 1.91. The molecule has 5 rings (SSSR count). The van der Waals surface area contributed by atoms with Crippen molar-refractivity contribution in [3.05, 3.63) is 114 Å². The Morgan fingerprint density at radius 3 is 2.18 bits per heavy atom. The molecule has 0 spiro atoms. The third-order valence-electron chi connectivity index (χ3n) is 7.83. The van der Waals surface area contributed by atoms with Crippen molar-refractivity contribution in [2.24, 2.45) is 5.92 Å². The summed E-state index contributed by atoms with van der Waals surface area (Å²) in [5.74, 6) is 0.288. The van der Waals surface area contributed by atoms with Crippen LogP contribution in [-0.4, -0.2) is 51.4 Å². The lowest BCUT2D eigenvalue weighted by Crippen LogP contribution is -2.35. The Hall–Kier alpha value is -5.31. The van der Waals surface area contributed by atoms with Gasteiger partial charge in [-0.15, -0.1) is 0 Å². The summed E-state index contributed by atoms with van der Waals surface area (Å²) < 4.78 is 5.14. The summed E-state index contributed by atoms with van der Waals surface area (Å²) >= 11 is 0. The number of carbonyl (C=O) groups excluding carboxylic acids is 2. The van der Waals surface area contributed by atoms with Crippen molar-refractivity contribution in [1.82, 2.24) is 14.9 Å². The number of rotatable bonds is 11. The van der Waals surface area contributed by atoms with Gasteiger partial charge in [0.05, 0.1) is 13.5 Å². The second kappa shape index (κ2) is 14.4. The topological polar surface area (TPSA) is 122 Å². The molecule has 1 unspecified atom stereocenters. The van der Waals surface area contributed by atoms with Crippen molar-refractivity contribution in [2.45, 2.75) is 39.2 Å². The van der Waals surface area contributed by atoms with Crippen molar-refractivity contribution < 1.29 is 24.2 Å². The van der Waals surface area contributed by atoms with Crippen molar-refractivity contribution in [1.29, 1.82) is 0 Å². The van der Waals surface area contributed by atoms with Gasteiger partial charge in [0.15, 0.2) is 5.82 Å². The van der Waals surface area contributed by atoms with Gasteiger partial charge in [0.2, 0.25) is 5.91 Å². The van der Waals surface area contributed by atoms with Crippen LogP contribution in [0.3, 0.4) is 0 Å². The normalized spacial score (nSPS) is 14.3. The Labute approximate surface area is 262 Å². The van der Waals surface area contributed by atoms with E-state index in [1.807, 2.05) is 48.8 Å². The summed E-state index contributed by atoms with van der Waals surface area (Å²) in [5.41, 5.74) is 5.63. The van der Waals surface area contributed by atoms with Gasteiger partial charge >= 0.3 is 5.97 Å². The van der Waals surface area contributed by atoms with Crippen LogP contribution in [0.2, 0.25) is 0 Å². The maximum absolute atomic E-state index is 13.3. The van der Waals surface area contributed by atoms with E-state index in [9.17, 15) is 19.5 Å². The number of carbonyl (C=O) groups is 3. The van der Waals surface area contributed by atoms with Gasteiger partial charge in [-0.05, 0) is 78.3 Å². The molecular formula is C36H36N4O5. The van der Waals surface area contributed by atoms with E-state index in [4.69, 9.17) is 4.74 Å². The number of carboxylic acid groups (broad SMARTS) is 1. The average molecular weight is 605 g/mol. The predicted molar refractivity (Wildman–Crippen MR) is 173 cm³/mol. The fourth-order valence-corrected chi connectivity index (χ4v) is 5.23. The second-order valence-corrected chi connectivity index (χ2v) is 11.3. The zero-order valence-electron chi connectivity index (χ0n) is 25.4. The highest BCUT2D eigenvalue weighted by Gasteiger charge is 2.20. The van der Waals surface area contributed by atoms with Crippen molar-refractivity contribution in [3.63, 3.8) is 0 Å². The highest BCUT2D eigenvalue weighted by molar-refractivity contribution is 5.97. The summed E-state index contributed by atoms with van der Waals surface area (Å²) in [6.07, 6.45) is 9.48. The van der Waals surface area contributed by atoms with E-state index < -0.39 is 18.4 Å². The molecule has 0 aliphatic heterocycles. The Morgan fingerprint density at radius 2 is 1.58 bits per heavy atom. The van der Waals surface area contributed by atoms with Gasteiger partial charge in [-0.2, -0.15) is 0 Å². The van der Waals surface area contributed by atoms with E-state index in [1.54, 1.807) is 43.5 Å². The Morgan fingerprint density at radius 1 is 0.911 bits per heavy atom. The monoisotopic (exact) mass is 604 g/mol. The van der Waals surface area contributed by atoms with E-state index in [0.717, 1.165) is 35.1 Å². The third-order valence-corrected chi connectivity index (χ3v) is 7.83. The molecule has 0 bridgehead atoms. The predicted octanol–water partition coefficient (Wildman–Crippen LogP) is 6.26. The SMILES string of the molecule is COc1ccc(CC(=O)Nc2ccc(C(=O)N(CC(=O)O)Cc3ccc(-c4ncc(C5=CCC(C)CC5)cn4)cc3)cc2)cc1. The number of nitrogens with zero attached hydrogens (tertiary/aromatic N) is 3. The molecule has 45 heavy (non-hydrogen) atoms. The van der Waals surface area contributed by atoms with Crippen LogP contribution in [0.1, 0.15) is 53.2 Å². The largest absolute Gasteiger partial charge is 0.497 e. The Bertz CT molecular complexity index is 1670. The molecule has 0 saturated heterocycles. The fourth-order valence-electron chi connectivity index (χ4n) is 5.23. The molecule has 0 fully saturated rings. The highest BCUT2D eigenvalue weighted by atomic mass is 16.5. The van der Waals surface area contributed by atoms with Crippen LogP contribution in [0.4, 0.5) is 5.69 Å². The summed E-state index contributed by atoms with van der Waals surface area (Å²) in [5, 5.41) is 12.3. The van der Waals surface area contributed by atoms with Crippen LogP contribution in [0.25, 0.3) is 17.0 Å². The molecule has 1 aliphatic carbocycles. The molecule has 9 nitrogen and oxygen atoms in total. The Kier molecular flexibility index (Phi) is 9.99. The number of aliphatic carboxylic acids is 1. The van der Waals surface area contributed by atoms with E-state index in [2.05, 4.69) is 28.3 Å². The first-order chi connectivity index (χ1) is 21.8. The number of allylic oxidation sites excluding steroid dienone is 2. The molecule has 1 atom stereocenters. The maximum Gasteiger partial charge on any atom is 0.323 e. The summed E-state index contributed by atoms with van der Waals surface area (Å²) in [4.78, 5) is 47.9. The number of benzene rings is 3. The van der Waals surface area contributed by atoms with Crippen LogP contribution in [0.5, 0.6) is 5.75 Å². The van der Waals surface area contributed by atoms with Gasteiger partial charge in [-0.25, -0.2) is 9.97 Å². The quantitative estimate of drug-likeness (QED) is 0.207. The van der Waals surface area contributed by atoms with E-state index in [1.165, 1.54) is 16.9 Å². The lowest BCUT2D eigenvalue weighted by atomic mass is 9.89. The van der Waals surface area contributed by atoms with Crippen LogP contribution >= 0.6 is 0 Å². The zero-order chi connectivity index (χ0) is 31.8. The van der Waals surface area contributed by atoms with E-state index in [-0.39, 0.29) is 18.9 Å². The first-order valence-corrected chi connectivity index (χ1v) is 14.9. The average Bonchev–Trinajstić information content (AvgIpc) is 3.05. The number of anilines is 1. The van der Waals surface area contributed by atoms with Gasteiger partial charge in [0, 0.05) is 41.3 Å². The molecule has 3 aromatic carbocycles. The number of nitrogens with one attached hydrogen (secondary N) is 1. The number of hydrogen-bond acceptors (Lipinski definition) is 6. The maximum atomic E-state index is 13.3. The number of amides is 2. The van der Waals surface area contributed by atoms with Crippen molar-refractivity contribution >= 4 is 29.0 Å². The van der Waals surface area contributed by atoms with Gasteiger partial charge in [0.25, 0.3) is 5.91 Å².